The van der Waals surface area contributed by atoms with Crippen molar-refractivity contribution in [2.45, 2.75) is 57.7 Å². The number of aromatic nitrogens is 3. The Labute approximate surface area is 154 Å². The molecule has 2 rings (SSSR count). The van der Waals surface area contributed by atoms with Crippen molar-refractivity contribution in [3.63, 3.8) is 0 Å². The lowest BCUT2D eigenvalue weighted by Crippen LogP contribution is -2.10. The highest BCUT2D eigenvalue weighted by atomic mass is 32.2. The van der Waals surface area contributed by atoms with Crippen LogP contribution in [0.15, 0.2) is 42.1 Å². The molecule has 4 nitrogen and oxygen atoms in total. The minimum atomic E-state index is 0.130. The Bertz CT molecular complexity index is 726. The normalized spacial score (nSPS) is 11.5. The lowest BCUT2D eigenvalue weighted by Gasteiger charge is -2.19. The second-order valence-corrected chi connectivity index (χ2v) is 8.25. The van der Waals surface area contributed by atoms with Gasteiger partial charge in [0.1, 0.15) is 5.78 Å². The fourth-order valence-corrected chi connectivity index (χ4v) is 3.39. The number of carbonyl (C=O) groups is 1. The summed E-state index contributed by atoms with van der Waals surface area (Å²) in [5, 5.41) is 9.60. The average Bonchev–Trinajstić information content (AvgIpc) is 2.94. The summed E-state index contributed by atoms with van der Waals surface area (Å²) >= 11 is 1.64. The molecule has 0 aliphatic carbocycles. The summed E-state index contributed by atoms with van der Waals surface area (Å²) < 4.78 is 2.08. The van der Waals surface area contributed by atoms with Gasteiger partial charge in [-0.2, -0.15) is 0 Å². The third-order valence-corrected chi connectivity index (χ3v) is 5.00. The van der Waals surface area contributed by atoms with E-state index in [9.17, 15) is 4.79 Å². The van der Waals surface area contributed by atoms with E-state index < -0.39 is 0 Å². The smallest absolute Gasteiger partial charge is 0.191 e. The third-order valence-electron chi connectivity index (χ3n) is 3.94. The van der Waals surface area contributed by atoms with Crippen LogP contribution in [0.5, 0.6) is 0 Å². The second kappa shape index (κ2) is 8.48. The standard InChI is InChI=1S/C20H27N3OS/c1-6-13-23-18(16-9-11-17(12-10-16)20(3,4)5)21-22-19(23)25-14-7-8-15(2)24/h6,9-12H,1,7-8,13-14H2,2-5H3. The van der Waals surface area contributed by atoms with Crippen molar-refractivity contribution in [1.29, 1.82) is 0 Å². The molecule has 25 heavy (non-hydrogen) atoms. The van der Waals surface area contributed by atoms with Crippen molar-refractivity contribution in [1.82, 2.24) is 14.8 Å². The third kappa shape index (κ3) is 5.30. The second-order valence-electron chi connectivity index (χ2n) is 7.19. The molecule has 0 radical (unpaired) electrons. The zero-order valence-corrected chi connectivity index (χ0v) is 16.4. The van der Waals surface area contributed by atoms with Crippen molar-refractivity contribution in [3.8, 4) is 11.4 Å². The first kappa shape index (κ1) is 19.4. The Morgan fingerprint density at radius 2 is 1.92 bits per heavy atom. The van der Waals surface area contributed by atoms with Crippen molar-refractivity contribution in [2.75, 3.05) is 5.75 Å². The predicted molar refractivity (Wildman–Crippen MR) is 105 cm³/mol. The number of ketones is 1. The van der Waals surface area contributed by atoms with Gasteiger partial charge in [-0.15, -0.1) is 16.8 Å². The van der Waals surface area contributed by atoms with Crippen LogP contribution in [0.4, 0.5) is 0 Å². The van der Waals surface area contributed by atoms with Crippen LogP contribution in [0, 0.1) is 0 Å². The summed E-state index contributed by atoms with van der Waals surface area (Å²) in [7, 11) is 0. The van der Waals surface area contributed by atoms with Crippen molar-refractivity contribution >= 4 is 17.5 Å². The van der Waals surface area contributed by atoms with Crippen LogP contribution in [0.25, 0.3) is 11.4 Å². The zero-order chi connectivity index (χ0) is 18.4. The Balaban J connectivity index is 2.20. The fraction of sp³-hybridized carbons (Fsp3) is 0.450. The van der Waals surface area contributed by atoms with E-state index in [0.717, 1.165) is 28.7 Å². The molecule has 0 unspecified atom stereocenters. The monoisotopic (exact) mass is 357 g/mol. The topological polar surface area (TPSA) is 47.8 Å². The number of nitrogens with zero attached hydrogens (tertiary/aromatic N) is 3. The first-order valence-corrected chi connectivity index (χ1v) is 9.58. The first-order chi connectivity index (χ1) is 11.8. The molecule has 0 aliphatic heterocycles. The van der Waals surface area contributed by atoms with Crippen molar-refractivity contribution in [3.05, 3.63) is 42.5 Å². The summed E-state index contributed by atoms with van der Waals surface area (Å²) in [5.74, 6) is 1.94. The SMILES string of the molecule is C=CCn1c(SCCCC(C)=O)nnc1-c1ccc(C(C)(C)C)cc1. The minimum absolute atomic E-state index is 0.130. The lowest BCUT2D eigenvalue weighted by molar-refractivity contribution is -0.117. The van der Waals surface area contributed by atoms with Gasteiger partial charge < -0.3 is 4.79 Å². The molecular formula is C20H27N3OS. The number of thioether (sulfide) groups is 1. The predicted octanol–water partition coefficient (Wildman–Crippen LogP) is 4.89. The van der Waals surface area contributed by atoms with Gasteiger partial charge in [0, 0.05) is 24.3 Å². The molecule has 0 fully saturated rings. The van der Waals surface area contributed by atoms with Gasteiger partial charge in [-0.05, 0) is 24.3 Å². The van der Waals surface area contributed by atoms with Crippen LogP contribution in [0.3, 0.4) is 0 Å². The number of hydrogen-bond acceptors (Lipinski definition) is 4. The molecule has 0 atom stereocenters. The average molecular weight is 358 g/mol. The molecule has 0 saturated carbocycles. The largest absolute Gasteiger partial charge is 0.300 e. The lowest BCUT2D eigenvalue weighted by atomic mass is 9.87. The van der Waals surface area contributed by atoms with Crippen LogP contribution < -0.4 is 0 Å². The Morgan fingerprint density at radius 1 is 1.24 bits per heavy atom. The van der Waals surface area contributed by atoms with E-state index in [4.69, 9.17) is 0 Å². The minimum Gasteiger partial charge on any atom is -0.300 e. The summed E-state index contributed by atoms with van der Waals surface area (Å²) in [6.45, 7) is 12.8. The molecule has 1 aromatic carbocycles. The quantitative estimate of drug-likeness (QED) is 0.383. The maximum absolute atomic E-state index is 11.1. The van der Waals surface area contributed by atoms with Crippen molar-refractivity contribution in [2.24, 2.45) is 0 Å². The van der Waals surface area contributed by atoms with Crippen LogP contribution in [-0.2, 0) is 16.8 Å². The Hall–Kier alpha value is -1.88. The van der Waals surface area contributed by atoms with Gasteiger partial charge in [-0.25, -0.2) is 0 Å². The molecule has 5 heteroatoms. The maximum Gasteiger partial charge on any atom is 0.191 e. The number of allylic oxidation sites excluding steroid dienone is 1. The van der Waals surface area contributed by atoms with E-state index in [1.165, 1.54) is 5.56 Å². The molecule has 1 aromatic heterocycles. The Morgan fingerprint density at radius 3 is 2.48 bits per heavy atom. The van der Waals surface area contributed by atoms with E-state index in [1.54, 1.807) is 18.7 Å². The molecule has 1 heterocycles. The van der Waals surface area contributed by atoms with Crippen LogP contribution in [0.2, 0.25) is 0 Å². The molecule has 0 amide bonds. The maximum atomic E-state index is 11.1. The van der Waals surface area contributed by atoms with E-state index in [2.05, 4.69) is 66.4 Å². The summed E-state index contributed by atoms with van der Waals surface area (Å²) in [5.41, 5.74) is 2.48. The molecule has 2 aromatic rings. The van der Waals surface area contributed by atoms with Crippen molar-refractivity contribution < 1.29 is 4.79 Å². The van der Waals surface area contributed by atoms with Gasteiger partial charge in [0.2, 0.25) is 0 Å². The van der Waals surface area contributed by atoms with E-state index in [1.807, 2.05) is 6.08 Å². The fourth-order valence-electron chi connectivity index (χ4n) is 2.51. The van der Waals surface area contributed by atoms with Gasteiger partial charge in [0.05, 0.1) is 0 Å². The molecule has 0 spiro atoms. The number of benzene rings is 1. The van der Waals surface area contributed by atoms with Crippen LogP contribution >= 0.6 is 11.8 Å². The highest BCUT2D eigenvalue weighted by Gasteiger charge is 2.16. The van der Waals surface area contributed by atoms with Gasteiger partial charge >= 0.3 is 0 Å². The van der Waals surface area contributed by atoms with Gasteiger partial charge in [-0.3, -0.25) is 4.57 Å². The molecule has 0 aliphatic rings. The molecular weight excluding hydrogens is 330 g/mol. The van der Waals surface area contributed by atoms with Crippen LogP contribution in [0.1, 0.15) is 46.1 Å². The van der Waals surface area contributed by atoms with E-state index >= 15 is 0 Å². The summed E-state index contributed by atoms with van der Waals surface area (Å²) in [6, 6.07) is 8.52. The van der Waals surface area contributed by atoms with Gasteiger partial charge in [0.15, 0.2) is 11.0 Å². The summed E-state index contributed by atoms with van der Waals surface area (Å²) in [6.07, 6.45) is 3.33. The highest BCUT2D eigenvalue weighted by molar-refractivity contribution is 7.99. The summed E-state index contributed by atoms with van der Waals surface area (Å²) in [4.78, 5) is 11.1. The number of rotatable bonds is 8. The van der Waals surface area contributed by atoms with Gasteiger partial charge in [-0.1, -0.05) is 62.9 Å². The number of carbonyl (C=O) groups excluding carboxylic acids is 1. The van der Waals surface area contributed by atoms with E-state index in [-0.39, 0.29) is 11.2 Å². The van der Waals surface area contributed by atoms with Gasteiger partial charge in [0.25, 0.3) is 0 Å². The number of hydrogen-bond donors (Lipinski definition) is 0. The zero-order valence-electron chi connectivity index (χ0n) is 15.6. The molecule has 0 saturated heterocycles. The number of Topliss-reactive ketones (excluding diaryl/α,β-unsaturated/α-hetero) is 1. The molecule has 134 valence electrons. The molecule has 0 N–H and O–H groups in total. The Kier molecular flexibility index (Phi) is 6.59. The highest BCUT2D eigenvalue weighted by Crippen LogP contribution is 2.28. The van der Waals surface area contributed by atoms with E-state index in [0.29, 0.717) is 13.0 Å². The molecule has 0 bridgehead atoms. The first-order valence-electron chi connectivity index (χ1n) is 8.60. The van der Waals surface area contributed by atoms with Crippen LogP contribution in [-0.4, -0.2) is 26.3 Å².